The third-order valence-corrected chi connectivity index (χ3v) is 4.02. The number of amides is 1. The largest absolute Gasteiger partial charge is 0.508 e. The number of nitrogen functional groups attached to an aromatic ring is 1. The second-order valence-corrected chi connectivity index (χ2v) is 5.56. The van der Waals surface area contributed by atoms with Crippen molar-refractivity contribution in [3.8, 4) is 5.75 Å². The standard InChI is InChI=1S/C17H14N4O2/c18-17-19-14-4-2-1-3-13(14)15(20-17)16(23)21-8-10-5-6-12(22)7-11(10)9-21/h1-7,22H,8-9H2,(H2,18,19,20). The molecule has 0 unspecified atom stereocenters. The van der Waals surface area contributed by atoms with Gasteiger partial charge in [0, 0.05) is 18.5 Å². The van der Waals surface area contributed by atoms with Gasteiger partial charge >= 0.3 is 0 Å². The Hall–Kier alpha value is -3.15. The number of phenols is 1. The van der Waals surface area contributed by atoms with E-state index < -0.39 is 0 Å². The highest BCUT2D eigenvalue weighted by Gasteiger charge is 2.27. The average Bonchev–Trinajstić information content (AvgIpc) is 2.96. The fraction of sp³-hybridized carbons (Fsp3) is 0.118. The number of rotatable bonds is 1. The Morgan fingerprint density at radius 3 is 2.74 bits per heavy atom. The number of hydrogen-bond donors (Lipinski definition) is 2. The Morgan fingerprint density at radius 2 is 1.87 bits per heavy atom. The number of nitrogens with zero attached hydrogens (tertiary/aromatic N) is 3. The van der Waals surface area contributed by atoms with Crippen molar-refractivity contribution in [2.45, 2.75) is 13.1 Å². The third-order valence-electron chi connectivity index (χ3n) is 4.02. The van der Waals surface area contributed by atoms with Gasteiger partial charge in [0.25, 0.3) is 5.91 Å². The van der Waals surface area contributed by atoms with Crippen molar-refractivity contribution >= 4 is 22.8 Å². The molecule has 1 amide bonds. The van der Waals surface area contributed by atoms with Gasteiger partial charge in [-0.15, -0.1) is 0 Å². The number of fused-ring (bicyclic) bond motifs is 2. The van der Waals surface area contributed by atoms with E-state index in [1.54, 1.807) is 23.1 Å². The van der Waals surface area contributed by atoms with Crippen molar-refractivity contribution in [1.29, 1.82) is 0 Å². The van der Waals surface area contributed by atoms with Gasteiger partial charge in [-0.05, 0) is 29.3 Å². The molecule has 3 aromatic rings. The summed E-state index contributed by atoms with van der Waals surface area (Å²) < 4.78 is 0. The molecule has 6 heteroatoms. The zero-order valence-corrected chi connectivity index (χ0v) is 12.2. The van der Waals surface area contributed by atoms with E-state index in [9.17, 15) is 9.90 Å². The second-order valence-electron chi connectivity index (χ2n) is 5.56. The van der Waals surface area contributed by atoms with Gasteiger partial charge in [0.2, 0.25) is 5.95 Å². The number of benzene rings is 2. The number of anilines is 1. The number of phenolic OH excluding ortho intramolecular Hbond substituents is 1. The van der Waals surface area contributed by atoms with Crippen molar-refractivity contribution in [1.82, 2.24) is 14.9 Å². The predicted octanol–water partition coefficient (Wildman–Crippen LogP) is 2.07. The fourth-order valence-corrected chi connectivity index (χ4v) is 2.93. The Morgan fingerprint density at radius 1 is 1.09 bits per heavy atom. The van der Waals surface area contributed by atoms with E-state index in [1.807, 2.05) is 24.3 Å². The molecule has 0 spiro atoms. The molecule has 3 N–H and O–H groups in total. The Labute approximate surface area is 132 Å². The van der Waals surface area contributed by atoms with Crippen LogP contribution >= 0.6 is 0 Å². The summed E-state index contributed by atoms with van der Waals surface area (Å²) in [5.41, 5.74) is 8.68. The van der Waals surface area contributed by atoms with E-state index in [-0.39, 0.29) is 17.6 Å². The summed E-state index contributed by atoms with van der Waals surface area (Å²) in [5.74, 6) is 0.0992. The number of hydrogen-bond acceptors (Lipinski definition) is 5. The number of aromatic hydroxyl groups is 1. The second kappa shape index (κ2) is 4.95. The molecule has 0 bridgehead atoms. The molecular formula is C17H14N4O2. The van der Waals surface area contributed by atoms with Gasteiger partial charge in [-0.2, -0.15) is 0 Å². The molecule has 6 nitrogen and oxygen atoms in total. The van der Waals surface area contributed by atoms with Crippen LogP contribution < -0.4 is 5.73 Å². The SMILES string of the molecule is Nc1nc(C(=O)N2Cc3ccc(O)cc3C2)c2ccccc2n1. The van der Waals surface area contributed by atoms with Crippen molar-refractivity contribution < 1.29 is 9.90 Å². The number of carbonyl (C=O) groups is 1. The van der Waals surface area contributed by atoms with Crippen molar-refractivity contribution in [2.24, 2.45) is 0 Å². The molecule has 114 valence electrons. The smallest absolute Gasteiger partial charge is 0.273 e. The number of nitrogens with two attached hydrogens (primary N) is 1. The third kappa shape index (κ3) is 2.24. The minimum atomic E-state index is -0.189. The summed E-state index contributed by atoms with van der Waals surface area (Å²) in [7, 11) is 0. The highest BCUT2D eigenvalue weighted by molar-refractivity contribution is 6.04. The van der Waals surface area contributed by atoms with Gasteiger partial charge in [-0.1, -0.05) is 24.3 Å². The lowest BCUT2D eigenvalue weighted by Gasteiger charge is -2.16. The first-order valence-electron chi connectivity index (χ1n) is 7.24. The van der Waals surface area contributed by atoms with Gasteiger partial charge < -0.3 is 15.7 Å². The molecule has 0 radical (unpaired) electrons. The molecule has 1 aliphatic rings. The van der Waals surface area contributed by atoms with Gasteiger partial charge in [0.1, 0.15) is 11.4 Å². The zero-order valence-electron chi connectivity index (χ0n) is 12.2. The van der Waals surface area contributed by atoms with Crippen LogP contribution in [-0.4, -0.2) is 25.9 Å². The van der Waals surface area contributed by atoms with E-state index >= 15 is 0 Å². The van der Waals surface area contributed by atoms with Crippen molar-refractivity contribution in [3.63, 3.8) is 0 Å². The first kappa shape index (κ1) is 13.5. The maximum absolute atomic E-state index is 12.9. The van der Waals surface area contributed by atoms with Gasteiger partial charge in [-0.25, -0.2) is 9.97 Å². The van der Waals surface area contributed by atoms with Crippen LogP contribution in [-0.2, 0) is 13.1 Å². The monoisotopic (exact) mass is 306 g/mol. The van der Waals surface area contributed by atoms with Gasteiger partial charge in [0.05, 0.1) is 5.52 Å². The maximum Gasteiger partial charge on any atom is 0.273 e. The predicted molar refractivity (Wildman–Crippen MR) is 85.6 cm³/mol. The van der Waals surface area contributed by atoms with Crippen LogP contribution in [0.15, 0.2) is 42.5 Å². The first-order valence-corrected chi connectivity index (χ1v) is 7.24. The summed E-state index contributed by atoms with van der Waals surface area (Å²) in [4.78, 5) is 22.9. The minimum Gasteiger partial charge on any atom is -0.508 e. The molecule has 0 fully saturated rings. The van der Waals surface area contributed by atoms with Crippen molar-refractivity contribution in [3.05, 3.63) is 59.3 Å². The van der Waals surface area contributed by atoms with Crippen LogP contribution in [0.25, 0.3) is 10.9 Å². The lowest BCUT2D eigenvalue weighted by atomic mass is 10.1. The number of para-hydroxylation sites is 1. The molecular weight excluding hydrogens is 292 g/mol. The summed E-state index contributed by atoms with van der Waals surface area (Å²) in [6.07, 6.45) is 0. The molecule has 0 saturated heterocycles. The van der Waals surface area contributed by atoms with Crippen LogP contribution in [0.3, 0.4) is 0 Å². The lowest BCUT2D eigenvalue weighted by Crippen LogP contribution is -2.27. The average molecular weight is 306 g/mol. The molecule has 23 heavy (non-hydrogen) atoms. The molecule has 4 rings (SSSR count). The van der Waals surface area contributed by atoms with E-state index in [1.165, 1.54) is 0 Å². The summed E-state index contributed by atoms with van der Waals surface area (Å²) in [5, 5.41) is 10.3. The lowest BCUT2D eigenvalue weighted by molar-refractivity contribution is 0.0747. The minimum absolute atomic E-state index is 0.0846. The van der Waals surface area contributed by atoms with Crippen LogP contribution in [0, 0.1) is 0 Å². The molecule has 2 heterocycles. The molecule has 1 aliphatic heterocycles. The Balaban J connectivity index is 1.74. The summed E-state index contributed by atoms with van der Waals surface area (Å²) >= 11 is 0. The van der Waals surface area contributed by atoms with E-state index in [0.717, 1.165) is 11.1 Å². The summed E-state index contributed by atoms with van der Waals surface area (Å²) in [6, 6.07) is 12.5. The quantitative estimate of drug-likeness (QED) is 0.718. The molecule has 2 aromatic carbocycles. The normalized spacial score (nSPS) is 13.3. The van der Waals surface area contributed by atoms with E-state index in [2.05, 4.69) is 9.97 Å². The number of carbonyl (C=O) groups excluding carboxylic acids is 1. The highest BCUT2D eigenvalue weighted by Crippen LogP contribution is 2.28. The highest BCUT2D eigenvalue weighted by atomic mass is 16.3. The summed E-state index contributed by atoms with van der Waals surface area (Å²) in [6.45, 7) is 0.938. The maximum atomic E-state index is 12.9. The molecule has 0 atom stereocenters. The van der Waals surface area contributed by atoms with E-state index in [0.29, 0.717) is 29.7 Å². The van der Waals surface area contributed by atoms with Crippen LogP contribution in [0.2, 0.25) is 0 Å². The topological polar surface area (TPSA) is 92.3 Å². The fourth-order valence-electron chi connectivity index (χ4n) is 2.93. The van der Waals surface area contributed by atoms with E-state index in [4.69, 9.17) is 5.73 Å². The van der Waals surface area contributed by atoms with Crippen LogP contribution in [0.4, 0.5) is 5.95 Å². The van der Waals surface area contributed by atoms with Gasteiger partial charge in [-0.3, -0.25) is 4.79 Å². The molecule has 0 aliphatic carbocycles. The zero-order chi connectivity index (χ0) is 16.0. The molecule has 0 saturated carbocycles. The number of aromatic nitrogens is 2. The Bertz CT molecular complexity index is 939. The van der Waals surface area contributed by atoms with Crippen LogP contribution in [0.5, 0.6) is 5.75 Å². The van der Waals surface area contributed by atoms with Gasteiger partial charge in [0.15, 0.2) is 0 Å². The van der Waals surface area contributed by atoms with Crippen molar-refractivity contribution in [2.75, 3.05) is 5.73 Å². The first-order chi connectivity index (χ1) is 11.1. The van der Waals surface area contributed by atoms with Crippen LogP contribution in [0.1, 0.15) is 21.6 Å². The molecule has 1 aromatic heterocycles. The Kier molecular flexibility index (Phi) is 2.90.